The quantitative estimate of drug-likeness (QED) is 0.475. The van der Waals surface area contributed by atoms with Crippen molar-refractivity contribution in [3.8, 4) is 11.4 Å². The highest BCUT2D eigenvalue weighted by Gasteiger charge is 2.15. The van der Waals surface area contributed by atoms with Crippen LogP contribution in [0.25, 0.3) is 11.4 Å². The molecular formula is C18H17FN4OS. The van der Waals surface area contributed by atoms with Gasteiger partial charge in [-0.15, -0.1) is 10.2 Å². The van der Waals surface area contributed by atoms with Crippen LogP contribution in [-0.2, 0) is 6.54 Å². The van der Waals surface area contributed by atoms with E-state index in [1.807, 2.05) is 16.7 Å². The Hall–Kier alpha value is -2.54. The van der Waals surface area contributed by atoms with Crippen molar-refractivity contribution in [2.24, 2.45) is 0 Å². The van der Waals surface area contributed by atoms with Crippen molar-refractivity contribution < 1.29 is 9.18 Å². The Bertz CT molecular complexity index is 849. The van der Waals surface area contributed by atoms with Gasteiger partial charge in [-0.05, 0) is 42.8 Å². The number of rotatable bonds is 7. The molecule has 0 bridgehead atoms. The summed E-state index contributed by atoms with van der Waals surface area (Å²) in [5.41, 5.74) is 1.43. The molecule has 0 unspecified atom stereocenters. The minimum Gasteiger partial charge on any atom is -0.302 e. The molecule has 1 aromatic carbocycles. The van der Waals surface area contributed by atoms with Gasteiger partial charge in [-0.25, -0.2) is 4.39 Å². The third-order valence-electron chi connectivity index (χ3n) is 3.60. The second-order valence-electron chi connectivity index (χ2n) is 5.41. The van der Waals surface area contributed by atoms with Crippen LogP contribution in [0.5, 0.6) is 0 Å². The van der Waals surface area contributed by atoms with E-state index in [0.717, 1.165) is 24.4 Å². The summed E-state index contributed by atoms with van der Waals surface area (Å²) >= 11 is 1.34. The minimum atomic E-state index is -0.353. The summed E-state index contributed by atoms with van der Waals surface area (Å²) in [4.78, 5) is 16.3. The van der Waals surface area contributed by atoms with Crippen molar-refractivity contribution in [3.63, 3.8) is 0 Å². The van der Waals surface area contributed by atoms with Crippen LogP contribution in [0.1, 0.15) is 23.7 Å². The van der Waals surface area contributed by atoms with Crippen LogP contribution in [0.2, 0.25) is 0 Å². The van der Waals surface area contributed by atoms with Crippen molar-refractivity contribution in [1.82, 2.24) is 19.7 Å². The van der Waals surface area contributed by atoms with Gasteiger partial charge in [0, 0.05) is 30.1 Å². The van der Waals surface area contributed by atoms with Crippen LogP contribution >= 0.6 is 11.8 Å². The fourth-order valence-electron chi connectivity index (χ4n) is 2.38. The molecule has 0 N–H and O–H groups in total. The highest BCUT2D eigenvalue weighted by molar-refractivity contribution is 7.99. The molecule has 0 fully saturated rings. The second kappa shape index (κ2) is 8.02. The van der Waals surface area contributed by atoms with Gasteiger partial charge in [0.15, 0.2) is 16.8 Å². The number of nitrogens with zero attached hydrogens (tertiary/aromatic N) is 4. The lowest BCUT2D eigenvalue weighted by Gasteiger charge is -2.08. The summed E-state index contributed by atoms with van der Waals surface area (Å²) in [6.07, 6.45) is 4.35. The number of Topliss-reactive ketones (excluding diaryl/α,β-unsaturated/α-hetero) is 1. The lowest BCUT2D eigenvalue weighted by atomic mass is 10.1. The van der Waals surface area contributed by atoms with Gasteiger partial charge in [-0.3, -0.25) is 9.78 Å². The molecule has 7 heteroatoms. The fraction of sp³-hybridized carbons (Fsp3) is 0.222. The molecule has 2 aromatic heterocycles. The number of carbonyl (C=O) groups is 1. The smallest absolute Gasteiger partial charge is 0.191 e. The average Bonchev–Trinajstić information content (AvgIpc) is 3.04. The van der Waals surface area contributed by atoms with E-state index in [1.165, 1.54) is 36.0 Å². The Morgan fingerprint density at radius 1 is 1.12 bits per heavy atom. The molecule has 2 heterocycles. The summed E-state index contributed by atoms with van der Waals surface area (Å²) in [7, 11) is 0. The SMILES string of the molecule is CCCn1c(SCC(=O)c2ccc(F)cc2)nnc1-c1ccncc1. The zero-order valence-electron chi connectivity index (χ0n) is 13.7. The van der Waals surface area contributed by atoms with Crippen molar-refractivity contribution >= 4 is 17.5 Å². The summed E-state index contributed by atoms with van der Waals surface area (Å²) in [5.74, 6) is 0.570. The molecule has 128 valence electrons. The largest absolute Gasteiger partial charge is 0.302 e. The zero-order valence-corrected chi connectivity index (χ0v) is 14.5. The number of hydrogen-bond acceptors (Lipinski definition) is 5. The van der Waals surface area contributed by atoms with Crippen molar-refractivity contribution in [3.05, 3.63) is 60.2 Å². The van der Waals surface area contributed by atoms with Crippen molar-refractivity contribution in [2.45, 2.75) is 25.0 Å². The Balaban J connectivity index is 1.77. The molecule has 0 aliphatic heterocycles. The van der Waals surface area contributed by atoms with E-state index in [2.05, 4.69) is 22.1 Å². The van der Waals surface area contributed by atoms with Crippen LogP contribution in [0.15, 0.2) is 53.9 Å². The number of halogens is 1. The first-order valence-electron chi connectivity index (χ1n) is 7.94. The lowest BCUT2D eigenvalue weighted by Crippen LogP contribution is -2.06. The predicted molar refractivity (Wildman–Crippen MR) is 95.0 cm³/mol. The number of aromatic nitrogens is 4. The van der Waals surface area contributed by atoms with Crippen LogP contribution in [-0.4, -0.2) is 31.3 Å². The van der Waals surface area contributed by atoms with Crippen LogP contribution < -0.4 is 0 Å². The molecule has 3 rings (SSSR count). The van der Waals surface area contributed by atoms with E-state index in [1.54, 1.807) is 12.4 Å². The molecule has 0 atom stereocenters. The summed E-state index contributed by atoms with van der Waals surface area (Å²) in [6.45, 7) is 2.84. The van der Waals surface area contributed by atoms with Crippen molar-refractivity contribution in [1.29, 1.82) is 0 Å². The van der Waals surface area contributed by atoms with E-state index < -0.39 is 0 Å². The topological polar surface area (TPSA) is 60.7 Å². The van der Waals surface area contributed by atoms with E-state index >= 15 is 0 Å². The molecule has 3 aromatic rings. The van der Waals surface area contributed by atoms with Gasteiger partial charge < -0.3 is 4.57 Å². The van der Waals surface area contributed by atoms with Crippen LogP contribution in [0.4, 0.5) is 4.39 Å². The van der Waals surface area contributed by atoms with E-state index in [0.29, 0.717) is 10.7 Å². The average molecular weight is 356 g/mol. The van der Waals surface area contributed by atoms with E-state index in [9.17, 15) is 9.18 Å². The van der Waals surface area contributed by atoms with Gasteiger partial charge in [0.1, 0.15) is 5.82 Å². The number of thioether (sulfide) groups is 1. The third kappa shape index (κ3) is 4.11. The van der Waals surface area contributed by atoms with Gasteiger partial charge in [0.25, 0.3) is 0 Å². The Morgan fingerprint density at radius 3 is 2.52 bits per heavy atom. The number of ketones is 1. The fourth-order valence-corrected chi connectivity index (χ4v) is 3.24. The van der Waals surface area contributed by atoms with Gasteiger partial charge in [0.2, 0.25) is 0 Å². The highest BCUT2D eigenvalue weighted by Crippen LogP contribution is 2.24. The summed E-state index contributed by atoms with van der Waals surface area (Å²) in [6, 6.07) is 9.34. The normalized spacial score (nSPS) is 10.8. The second-order valence-corrected chi connectivity index (χ2v) is 6.35. The first kappa shape index (κ1) is 17.3. The summed E-state index contributed by atoms with van der Waals surface area (Å²) in [5, 5.41) is 9.20. The first-order chi connectivity index (χ1) is 12.2. The lowest BCUT2D eigenvalue weighted by molar-refractivity contribution is 0.102. The maximum atomic E-state index is 13.0. The van der Waals surface area contributed by atoms with Gasteiger partial charge in [-0.1, -0.05) is 18.7 Å². The molecule has 5 nitrogen and oxygen atoms in total. The minimum absolute atomic E-state index is 0.0680. The third-order valence-corrected chi connectivity index (χ3v) is 4.57. The molecular weight excluding hydrogens is 339 g/mol. The maximum absolute atomic E-state index is 13.0. The van der Waals surface area contributed by atoms with Crippen LogP contribution in [0, 0.1) is 5.82 Å². The number of benzene rings is 1. The molecule has 0 amide bonds. The van der Waals surface area contributed by atoms with E-state index in [-0.39, 0.29) is 17.4 Å². The summed E-state index contributed by atoms with van der Waals surface area (Å²) < 4.78 is 15.0. The molecule has 0 saturated heterocycles. The molecule has 25 heavy (non-hydrogen) atoms. The monoisotopic (exact) mass is 356 g/mol. The zero-order chi connectivity index (χ0) is 17.6. The number of carbonyl (C=O) groups excluding carboxylic acids is 1. The molecule has 0 radical (unpaired) electrons. The Labute approximate surface area is 149 Å². The standard InChI is InChI=1S/C18H17FN4OS/c1-2-11-23-17(14-7-9-20-10-8-14)21-22-18(23)25-12-16(24)13-3-5-15(19)6-4-13/h3-10H,2,11-12H2,1H3. The van der Waals surface area contributed by atoms with Gasteiger partial charge in [0.05, 0.1) is 5.75 Å². The van der Waals surface area contributed by atoms with E-state index in [4.69, 9.17) is 0 Å². The predicted octanol–water partition coefficient (Wildman–Crippen LogP) is 3.86. The number of pyridine rings is 1. The van der Waals surface area contributed by atoms with Crippen LogP contribution in [0.3, 0.4) is 0 Å². The van der Waals surface area contributed by atoms with Crippen molar-refractivity contribution in [2.75, 3.05) is 5.75 Å². The molecule has 0 aliphatic carbocycles. The molecule has 0 aliphatic rings. The number of hydrogen-bond donors (Lipinski definition) is 0. The first-order valence-corrected chi connectivity index (χ1v) is 8.92. The molecule has 0 spiro atoms. The highest BCUT2D eigenvalue weighted by atomic mass is 32.2. The Kier molecular flexibility index (Phi) is 5.55. The van der Waals surface area contributed by atoms with Gasteiger partial charge in [-0.2, -0.15) is 0 Å². The van der Waals surface area contributed by atoms with Gasteiger partial charge >= 0.3 is 0 Å². The Morgan fingerprint density at radius 2 is 1.84 bits per heavy atom. The molecule has 0 saturated carbocycles. The maximum Gasteiger partial charge on any atom is 0.191 e.